The number of aromatic nitrogens is 1. The van der Waals surface area contributed by atoms with E-state index in [-0.39, 0.29) is 5.91 Å². The second-order valence-corrected chi connectivity index (χ2v) is 5.38. The van der Waals surface area contributed by atoms with E-state index in [2.05, 4.69) is 15.6 Å². The van der Waals surface area contributed by atoms with Crippen LogP contribution in [0.1, 0.15) is 15.9 Å². The molecule has 0 aliphatic heterocycles. The molecule has 0 saturated heterocycles. The lowest BCUT2D eigenvalue weighted by Gasteiger charge is -2.06. The van der Waals surface area contributed by atoms with Crippen molar-refractivity contribution in [2.24, 2.45) is 0 Å². The van der Waals surface area contributed by atoms with Crippen LogP contribution in [0.3, 0.4) is 0 Å². The quantitative estimate of drug-likeness (QED) is 0.580. The molecule has 0 aliphatic rings. The first-order valence-corrected chi connectivity index (χ1v) is 7.57. The number of carboxylic acid groups (broad SMARTS) is 1. The number of H-pyrrole nitrogens is 1. The molecule has 1 aromatic heterocycles. The van der Waals surface area contributed by atoms with Crippen LogP contribution < -0.4 is 10.6 Å². The number of aromatic amines is 1. The van der Waals surface area contributed by atoms with E-state index in [1.54, 1.807) is 6.07 Å². The molecule has 24 heavy (non-hydrogen) atoms. The van der Waals surface area contributed by atoms with Gasteiger partial charge < -0.3 is 20.7 Å². The van der Waals surface area contributed by atoms with Gasteiger partial charge in [-0.1, -0.05) is 18.2 Å². The van der Waals surface area contributed by atoms with Crippen LogP contribution >= 0.6 is 0 Å². The third kappa shape index (κ3) is 3.55. The summed E-state index contributed by atoms with van der Waals surface area (Å²) < 4.78 is 0. The maximum absolute atomic E-state index is 12.4. The summed E-state index contributed by atoms with van der Waals surface area (Å²) in [4.78, 5) is 26.1. The van der Waals surface area contributed by atoms with E-state index in [9.17, 15) is 9.59 Å². The molecule has 0 aliphatic carbocycles. The minimum atomic E-state index is -1.04. The van der Waals surface area contributed by atoms with Crippen LogP contribution in [0.25, 0.3) is 10.9 Å². The Bertz CT molecular complexity index is 872. The van der Waals surface area contributed by atoms with Gasteiger partial charge in [0.25, 0.3) is 5.91 Å². The fourth-order valence-electron chi connectivity index (χ4n) is 2.56. The molecule has 6 nitrogen and oxygen atoms in total. The molecule has 0 fully saturated rings. The van der Waals surface area contributed by atoms with E-state index in [1.165, 1.54) is 0 Å². The van der Waals surface area contributed by atoms with Gasteiger partial charge in [0.1, 0.15) is 0 Å². The Morgan fingerprint density at radius 1 is 1.08 bits per heavy atom. The van der Waals surface area contributed by atoms with E-state index in [4.69, 9.17) is 5.11 Å². The minimum absolute atomic E-state index is 0.182. The number of carbonyl (C=O) groups excluding carboxylic acids is 1. The van der Waals surface area contributed by atoms with Gasteiger partial charge in [-0.2, -0.15) is 0 Å². The Morgan fingerprint density at radius 3 is 2.62 bits per heavy atom. The normalized spacial score (nSPS) is 10.5. The molecule has 3 rings (SSSR count). The summed E-state index contributed by atoms with van der Waals surface area (Å²) in [5.74, 6) is -0.182. The highest BCUT2D eigenvalue weighted by Gasteiger charge is 2.10. The molecule has 2 aromatic carbocycles. The lowest BCUT2D eigenvalue weighted by molar-refractivity contribution is 0.102. The van der Waals surface area contributed by atoms with Crippen LogP contribution in [0.5, 0.6) is 0 Å². The third-order valence-corrected chi connectivity index (χ3v) is 3.73. The molecule has 0 bridgehead atoms. The Balaban J connectivity index is 1.79. The molecular formula is C18H17N3O3. The molecule has 0 spiro atoms. The maximum atomic E-state index is 12.4. The van der Waals surface area contributed by atoms with Crippen molar-refractivity contribution in [2.75, 3.05) is 11.9 Å². The van der Waals surface area contributed by atoms with Crippen molar-refractivity contribution in [3.63, 3.8) is 0 Å². The summed E-state index contributed by atoms with van der Waals surface area (Å²) in [5.41, 5.74) is 3.17. The highest BCUT2D eigenvalue weighted by molar-refractivity contribution is 6.06. The molecule has 0 radical (unpaired) electrons. The summed E-state index contributed by atoms with van der Waals surface area (Å²) in [6.45, 7) is 0.322. The first-order chi connectivity index (χ1) is 11.6. The zero-order valence-electron chi connectivity index (χ0n) is 12.9. The molecule has 122 valence electrons. The van der Waals surface area contributed by atoms with Gasteiger partial charge in [0.05, 0.1) is 0 Å². The predicted octanol–water partition coefficient (Wildman–Crippen LogP) is 3.23. The van der Waals surface area contributed by atoms with Crippen molar-refractivity contribution in [3.8, 4) is 0 Å². The van der Waals surface area contributed by atoms with Crippen LogP contribution in [0.15, 0.2) is 54.7 Å². The topological polar surface area (TPSA) is 94.2 Å². The van der Waals surface area contributed by atoms with Gasteiger partial charge in [-0.05, 0) is 42.3 Å². The molecule has 6 heteroatoms. The van der Waals surface area contributed by atoms with Crippen molar-refractivity contribution in [1.29, 1.82) is 0 Å². The SMILES string of the molecule is O=C(O)NCCc1c[nH]c2ccc(C(=O)Nc3ccccc3)cc12. The fourth-order valence-corrected chi connectivity index (χ4v) is 2.56. The van der Waals surface area contributed by atoms with Gasteiger partial charge in [0.2, 0.25) is 0 Å². The number of para-hydroxylation sites is 1. The lowest BCUT2D eigenvalue weighted by atomic mass is 10.1. The van der Waals surface area contributed by atoms with Gasteiger partial charge >= 0.3 is 6.09 Å². The zero-order chi connectivity index (χ0) is 16.9. The number of hydrogen-bond acceptors (Lipinski definition) is 2. The van der Waals surface area contributed by atoms with E-state index >= 15 is 0 Å². The van der Waals surface area contributed by atoms with Crippen LogP contribution in [0.2, 0.25) is 0 Å². The maximum Gasteiger partial charge on any atom is 0.404 e. The van der Waals surface area contributed by atoms with E-state index < -0.39 is 6.09 Å². The van der Waals surface area contributed by atoms with Crippen LogP contribution in [0.4, 0.5) is 10.5 Å². The number of nitrogens with one attached hydrogen (secondary N) is 3. The molecule has 0 saturated carbocycles. The highest BCUT2D eigenvalue weighted by atomic mass is 16.4. The van der Waals surface area contributed by atoms with Gasteiger partial charge in [0, 0.05) is 34.9 Å². The number of benzene rings is 2. The number of fused-ring (bicyclic) bond motifs is 1. The summed E-state index contributed by atoms with van der Waals surface area (Å²) in [7, 11) is 0. The van der Waals surface area contributed by atoms with Gasteiger partial charge in [0.15, 0.2) is 0 Å². The van der Waals surface area contributed by atoms with Crippen molar-refractivity contribution >= 4 is 28.6 Å². The first-order valence-electron chi connectivity index (χ1n) is 7.57. The Kier molecular flexibility index (Phi) is 4.47. The monoisotopic (exact) mass is 323 g/mol. The highest BCUT2D eigenvalue weighted by Crippen LogP contribution is 2.21. The average Bonchev–Trinajstić information content (AvgIpc) is 2.98. The fraction of sp³-hybridized carbons (Fsp3) is 0.111. The lowest BCUT2D eigenvalue weighted by Crippen LogP contribution is -2.23. The van der Waals surface area contributed by atoms with Crippen molar-refractivity contribution in [2.45, 2.75) is 6.42 Å². The Morgan fingerprint density at radius 2 is 1.88 bits per heavy atom. The van der Waals surface area contributed by atoms with Gasteiger partial charge in [-0.3, -0.25) is 4.79 Å². The largest absolute Gasteiger partial charge is 0.465 e. The predicted molar refractivity (Wildman–Crippen MR) is 92.4 cm³/mol. The van der Waals surface area contributed by atoms with Crippen LogP contribution in [-0.2, 0) is 6.42 Å². The number of amides is 2. The Labute approximate surface area is 138 Å². The number of hydrogen-bond donors (Lipinski definition) is 4. The molecular weight excluding hydrogens is 306 g/mol. The van der Waals surface area contributed by atoms with E-state index in [0.717, 1.165) is 22.2 Å². The van der Waals surface area contributed by atoms with Crippen molar-refractivity contribution in [1.82, 2.24) is 10.3 Å². The second-order valence-electron chi connectivity index (χ2n) is 5.38. The standard InChI is InChI=1S/C18H17N3O3/c22-17(21-14-4-2-1-3-5-14)12-6-7-16-15(10-12)13(11-20-16)8-9-19-18(23)24/h1-7,10-11,19-20H,8-9H2,(H,21,22)(H,23,24). The van der Waals surface area contributed by atoms with Gasteiger partial charge in [-0.15, -0.1) is 0 Å². The van der Waals surface area contributed by atoms with Crippen LogP contribution in [-0.4, -0.2) is 28.6 Å². The molecule has 4 N–H and O–H groups in total. The summed E-state index contributed by atoms with van der Waals surface area (Å²) in [6.07, 6.45) is 1.35. The van der Waals surface area contributed by atoms with E-state index in [0.29, 0.717) is 18.5 Å². The number of rotatable bonds is 5. The minimum Gasteiger partial charge on any atom is -0.465 e. The number of anilines is 1. The van der Waals surface area contributed by atoms with Crippen LogP contribution in [0, 0.1) is 0 Å². The first kappa shape index (κ1) is 15.6. The molecule has 1 heterocycles. The number of carbonyl (C=O) groups is 2. The zero-order valence-corrected chi connectivity index (χ0v) is 12.9. The summed E-state index contributed by atoms with van der Waals surface area (Å²) in [5, 5.41) is 14.8. The molecule has 2 amide bonds. The second kappa shape index (κ2) is 6.87. The molecule has 3 aromatic rings. The smallest absolute Gasteiger partial charge is 0.404 e. The van der Waals surface area contributed by atoms with Crippen molar-refractivity contribution in [3.05, 3.63) is 65.9 Å². The molecule has 0 unspecified atom stereocenters. The summed E-state index contributed by atoms with van der Waals surface area (Å²) in [6, 6.07) is 14.7. The third-order valence-electron chi connectivity index (χ3n) is 3.73. The van der Waals surface area contributed by atoms with E-state index in [1.807, 2.05) is 48.7 Å². The average molecular weight is 323 g/mol. The van der Waals surface area contributed by atoms with Crippen molar-refractivity contribution < 1.29 is 14.7 Å². The molecule has 0 atom stereocenters. The Hall–Kier alpha value is -3.28. The summed E-state index contributed by atoms with van der Waals surface area (Å²) >= 11 is 0. The van der Waals surface area contributed by atoms with Gasteiger partial charge in [-0.25, -0.2) is 4.79 Å².